The minimum atomic E-state index is -0.502. The maximum atomic E-state index is 13.1. The number of likely N-dealkylation sites (tertiary alicyclic amines) is 1. The van der Waals surface area contributed by atoms with Crippen molar-refractivity contribution < 1.29 is 18.7 Å². The van der Waals surface area contributed by atoms with Crippen LogP contribution >= 0.6 is 0 Å². The van der Waals surface area contributed by atoms with Gasteiger partial charge in [0.25, 0.3) is 0 Å². The van der Waals surface area contributed by atoms with E-state index in [4.69, 9.17) is 4.74 Å². The molecule has 0 aromatic heterocycles. The van der Waals surface area contributed by atoms with Crippen molar-refractivity contribution in [1.29, 1.82) is 0 Å². The summed E-state index contributed by atoms with van der Waals surface area (Å²) in [5, 5.41) is 0. The summed E-state index contributed by atoms with van der Waals surface area (Å²) in [7, 11) is 0. The van der Waals surface area contributed by atoms with Crippen molar-refractivity contribution in [2.75, 3.05) is 6.54 Å². The molecule has 2 aromatic carbocycles. The first kappa shape index (κ1) is 15.2. The van der Waals surface area contributed by atoms with Crippen molar-refractivity contribution in [3.63, 3.8) is 0 Å². The molecule has 0 unspecified atom stereocenters. The fraction of sp³-hybridized carbons (Fsp3) is 0.222. The third-order valence-electron chi connectivity index (χ3n) is 3.87. The molecule has 0 aliphatic carbocycles. The molecule has 23 heavy (non-hydrogen) atoms. The number of piperidine rings is 1. The molecule has 1 fully saturated rings. The van der Waals surface area contributed by atoms with Gasteiger partial charge < -0.3 is 4.74 Å². The smallest absolute Gasteiger partial charge is 0.410 e. The predicted octanol–water partition coefficient (Wildman–Crippen LogP) is 3.73. The summed E-state index contributed by atoms with van der Waals surface area (Å²) in [6, 6.07) is 14.2. The number of ether oxygens (including phenoxy) is 1. The topological polar surface area (TPSA) is 46.6 Å². The number of rotatable bonds is 2. The summed E-state index contributed by atoms with van der Waals surface area (Å²) in [5.41, 5.74) is 0.726. The molecule has 1 aliphatic rings. The molecule has 5 heteroatoms. The minimum Gasteiger partial charge on any atom is -0.410 e. The van der Waals surface area contributed by atoms with Crippen LogP contribution in [-0.4, -0.2) is 23.3 Å². The van der Waals surface area contributed by atoms with E-state index in [1.54, 1.807) is 36.4 Å². The largest absolute Gasteiger partial charge is 0.415 e. The summed E-state index contributed by atoms with van der Waals surface area (Å²) >= 11 is 0. The number of nitrogens with zero attached hydrogens (tertiary/aromatic N) is 1. The molecule has 0 N–H and O–H groups in total. The fourth-order valence-electron chi connectivity index (χ4n) is 2.68. The van der Waals surface area contributed by atoms with Crippen LogP contribution in [0, 0.1) is 5.82 Å². The number of amides is 1. The van der Waals surface area contributed by atoms with Crippen LogP contribution in [0.4, 0.5) is 9.18 Å². The molecule has 0 radical (unpaired) electrons. The van der Waals surface area contributed by atoms with E-state index in [-0.39, 0.29) is 18.0 Å². The van der Waals surface area contributed by atoms with Crippen molar-refractivity contribution >= 4 is 11.9 Å². The van der Waals surface area contributed by atoms with Gasteiger partial charge in [0.1, 0.15) is 17.3 Å². The van der Waals surface area contributed by atoms with Crippen LogP contribution in [-0.2, 0) is 4.79 Å². The van der Waals surface area contributed by atoms with Gasteiger partial charge in [-0.15, -0.1) is 0 Å². The lowest BCUT2D eigenvalue weighted by Gasteiger charge is -2.34. The summed E-state index contributed by atoms with van der Waals surface area (Å²) in [6.45, 7) is 0.298. The van der Waals surface area contributed by atoms with E-state index in [1.807, 2.05) is 6.07 Å². The molecular formula is C18H16FNO3. The zero-order valence-corrected chi connectivity index (χ0v) is 12.4. The van der Waals surface area contributed by atoms with E-state index in [1.165, 1.54) is 17.0 Å². The molecule has 1 aliphatic heterocycles. The molecule has 1 saturated heterocycles. The van der Waals surface area contributed by atoms with Gasteiger partial charge in [-0.05, 0) is 29.8 Å². The second-order valence-corrected chi connectivity index (χ2v) is 5.43. The van der Waals surface area contributed by atoms with E-state index in [2.05, 4.69) is 0 Å². The number of Topliss-reactive ketones (excluding diaryl/α,β-unsaturated/α-hetero) is 1. The van der Waals surface area contributed by atoms with Crippen molar-refractivity contribution in [1.82, 2.24) is 4.90 Å². The minimum absolute atomic E-state index is 0.0862. The lowest BCUT2D eigenvalue weighted by molar-refractivity contribution is -0.122. The highest BCUT2D eigenvalue weighted by Gasteiger charge is 2.32. The first-order valence-corrected chi connectivity index (χ1v) is 7.44. The summed E-state index contributed by atoms with van der Waals surface area (Å²) < 4.78 is 18.5. The number of hydrogen-bond acceptors (Lipinski definition) is 3. The molecule has 3 rings (SSSR count). The maximum absolute atomic E-state index is 13.1. The first-order chi connectivity index (χ1) is 11.1. The number of para-hydroxylation sites is 1. The Labute approximate surface area is 133 Å². The zero-order valence-electron chi connectivity index (χ0n) is 12.4. The molecule has 0 bridgehead atoms. The van der Waals surface area contributed by atoms with E-state index in [0.29, 0.717) is 18.7 Å². The van der Waals surface area contributed by atoms with Gasteiger partial charge in [-0.2, -0.15) is 0 Å². The lowest BCUT2D eigenvalue weighted by atomic mass is 9.95. The molecule has 4 nitrogen and oxygen atoms in total. The van der Waals surface area contributed by atoms with Crippen LogP contribution < -0.4 is 4.74 Å². The Morgan fingerprint density at radius 1 is 1.09 bits per heavy atom. The van der Waals surface area contributed by atoms with E-state index in [9.17, 15) is 14.0 Å². The van der Waals surface area contributed by atoms with Gasteiger partial charge in [0.2, 0.25) is 0 Å². The van der Waals surface area contributed by atoms with Crippen LogP contribution in [0.5, 0.6) is 5.75 Å². The molecular weight excluding hydrogens is 297 g/mol. The van der Waals surface area contributed by atoms with Gasteiger partial charge in [0.15, 0.2) is 0 Å². The number of ketones is 1. The quantitative estimate of drug-likeness (QED) is 0.848. The number of halogens is 1. The van der Waals surface area contributed by atoms with Crippen molar-refractivity contribution in [2.24, 2.45) is 0 Å². The molecule has 0 saturated carbocycles. The van der Waals surface area contributed by atoms with Gasteiger partial charge in [-0.25, -0.2) is 9.18 Å². The standard InChI is InChI=1S/C18H16FNO3/c19-14-8-6-13(7-9-14)17-12-15(21)10-11-20(17)18(22)23-16-4-2-1-3-5-16/h1-9,17H,10-12H2/t17-/m1/s1. The Kier molecular flexibility index (Phi) is 4.37. The first-order valence-electron chi connectivity index (χ1n) is 7.44. The highest BCUT2D eigenvalue weighted by Crippen LogP contribution is 2.30. The monoisotopic (exact) mass is 313 g/mol. The average molecular weight is 313 g/mol. The molecule has 2 aromatic rings. The van der Waals surface area contributed by atoms with Crippen LogP contribution in [0.3, 0.4) is 0 Å². The van der Waals surface area contributed by atoms with Crippen LogP contribution in [0.25, 0.3) is 0 Å². The second kappa shape index (κ2) is 6.60. The maximum Gasteiger partial charge on any atom is 0.415 e. The fourth-order valence-corrected chi connectivity index (χ4v) is 2.68. The van der Waals surface area contributed by atoms with Crippen molar-refractivity contribution in [3.05, 3.63) is 66.0 Å². The van der Waals surface area contributed by atoms with Gasteiger partial charge in [0.05, 0.1) is 6.04 Å². The molecule has 118 valence electrons. The van der Waals surface area contributed by atoms with E-state index < -0.39 is 12.1 Å². The highest BCUT2D eigenvalue weighted by atomic mass is 19.1. The summed E-state index contributed by atoms with van der Waals surface area (Å²) in [6.07, 6.45) is 0.0231. The Morgan fingerprint density at radius 2 is 1.78 bits per heavy atom. The zero-order chi connectivity index (χ0) is 16.2. The third-order valence-corrected chi connectivity index (χ3v) is 3.87. The van der Waals surface area contributed by atoms with E-state index in [0.717, 1.165) is 5.56 Å². The number of hydrogen-bond donors (Lipinski definition) is 0. The number of carbonyl (C=O) groups is 2. The van der Waals surface area contributed by atoms with Gasteiger partial charge in [-0.3, -0.25) is 9.69 Å². The number of benzene rings is 2. The summed E-state index contributed by atoms with van der Waals surface area (Å²) in [4.78, 5) is 25.8. The Balaban J connectivity index is 1.81. The molecule has 1 atom stereocenters. The normalized spacial score (nSPS) is 17.9. The molecule has 1 heterocycles. The van der Waals surface area contributed by atoms with Crippen LogP contribution in [0.15, 0.2) is 54.6 Å². The Morgan fingerprint density at radius 3 is 2.48 bits per heavy atom. The summed E-state index contributed by atoms with van der Waals surface area (Å²) in [5.74, 6) is 0.185. The van der Waals surface area contributed by atoms with E-state index >= 15 is 0 Å². The van der Waals surface area contributed by atoms with Crippen molar-refractivity contribution in [3.8, 4) is 5.75 Å². The van der Waals surface area contributed by atoms with Gasteiger partial charge >= 0.3 is 6.09 Å². The predicted molar refractivity (Wildman–Crippen MR) is 82.6 cm³/mol. The lowest BCUT2D eigenvalue weighted by Crippen LogP contribution is -2.42. The van der Waals surface area contributed by atoms with Gasteiger partial charge in [-0.1, -0.05) is 30.3 Å². The Bertz CT molecular complexity index is 700. The van der Waals surface area contributed by atoms with Crippen LogP contribution in [0.2, 0.25) is 0 Å². The SMILES string of the molecule is O=C1CCN(C(=O)Oc2ccccc2)[C@@H](c2ccc(F)cc2)C1. The van der Waals surface area contributed by atoms with Crippen LogP contribution in [0.1, 0.15) is 24.4 Å². The van der Waals surface area contributed by atoms with Crippen molar-refractivity contribution in [2.45, 2.75) is 18.9 Å². The average Bonchev–Trinajstić information content (AvgIpc) is 2.56. The molecule has 1 amide bonds. The Hall–Kier alpha value is -2.69. The second-order valence-electron chi connectivity index (χ2n) is 5.43. The van der Waals surface area contributed by atoms with Gasteiger partial charge in [0, 0.05) is 19.4 Å². The highest BCUT2D eigenvalue weighted by molar-refractivity contribution is 5.83. The third kappa shape index (κ3) is 3.56. The molecule has 0 spiro atoms. The number of carbonyl (C=O) groups excluding carboxylic acids is 2.